The van der Waals surface area contributed by atoms with Crippen molar-refractivity contribution < 1.29 is 23.9 Å². The number of para-hydroxylation sites is 1. The fourth-order valence-corrected chi connectivity index (χ4v) is 7.07. The Morgan fingerprint density at radius 3 is 2.62 bits per heavy atom. The molecule has 3 amide bonds. The minimum Gasteiger partial charge on any atom is -0.496 e. The molecule has 0 radical (unpaired) electrons. The van der Waals surface area contributed by atoms with Gasteiger partial charge in [0.25, 0.3) is 5.91 Å². The van der Waals surface area contributed by atoms with Gasteiger partial charge >= 0.3 is 0 Å². The third kappa shape index (κ3) is 5.61. The van der Waals surface area contributed by atoms with Gasteiger partial charge < -0.3 is 25.7 Å². The lowest BCUT2D eigenvalue weighted by molar-refractivity contribution is -0.126. The number of fused-ring (bicyclic) bond motifs is 2. The van der Waals surface area contributed by atoms with E-state index < -0.39 is 29.8 Å². The summed E-state index contributed by atoms with van der Waals surface area (Å²) < 4.78 is 6.30. The van der Waals surface area contributed by atoms with Crippen LogP contribution in [0.1, 0.15) is 58.8 Å². The van der Waals surface area contributed by atoms with Crippen LogP contribution in [-0.2, 0) is 9.59 Å². The van der Waals surface area contributed by atoms with Crippen LogP contribution in [0.2, 0.25) is 0 Å². The van der Waals surface area contributed by atoms with E-state index in [1.165, 1.54) is 11.3 Å². The summed E-state index contributed by atoms with van der Waals surface area (Å²) in [6.07, 6.45) is 4.26. The highest BCUT2D eigenvalue weighted by molar-refractivity contribution is 7.20. The van der Waals surface area contributed by atoms with Crippen LogP contribution < -0.4 is 20.7 Å². The van der Waals surface area contributed by atoms with E-state index in [2.05, 4.69) is 25.9 Å². The maximum Gasteiger partial charge on any atom is 0.268 e. The number of carbonyl (C=O) groups is 4. The Morgan fingerprint density at radius 1 is 1.07 bits per heavy atom. The van der Waals surface area contributed by atoms with Crippen molar-refractivity contribution in [3.63, 3.8) is 0 Å². The number of benzene rings is 2. The molecule has 1 saturated carbocycles. The number of aromatic nitrogens is 2. The van der Waals surface area contributed by atoms with Crippen LogP contribution in [0.5, 0.6) is 5.75 Å². The van der Waals surface area contributed by atoms with Crippen molar-refractivity contribution in [1.82, 2.24) is 25.9 Å². The van der Waals surface area contributed by atoms with Crippen molar-refractivity contribution >= 4 is 56.0 Å². The number of methoxy groups -OCH3 is 1. The van der Waals surface area contributed by atoms with Crippen molar-refractivity contribution in [1.29, 1.82) is 0 Å². The van der Waals surface area contributed by atoms with E-state index in [0.717, 1.165) is 41.3 Å². The summed E-state index contributed by atoms with van der Waals surface area (Å²) in [5.41, 5.74) is 1.77. The number of aromatic amines is 1. The second-order valence-corrected chi connectivity index (χ2v) is 12.1. The van der Waals surface area contributed by atoms with Crippen LogP contribution in [0.15, 0.2) is 48.5 Å². The lowest BCUT2D eigenvalue weighted by Gasteiger charge is -2.27. The van der Waals surface area contributed by atoms with Gasteiger partial charge in [-0.25, -0.2) is 4.98 Å². The van der Waals surface area contributed by atoms with Gasteiger partial charge in [-0.1, -0.05) is 31.0 Å². The van der Waals surface area contributed by atoms with Gasteiger partial charge in [0.05, 0.1) is 23.4 Å². The molecule has 3 atom stereocenters. The van der Waals surface area contributed by atoms with Gasteiger partial charge in [0.1, 0.15) is 17.5 Å². The number of hydrogen-bond donors (Lipinski definition) is 4. The van der Waals surface area contributed by atoms with Crippen LogP contribution in [0.4, 0.5) is 0 Å². The SMILES string of the molecule is COc1cccc2[nH]c(C(=O)NC(C(=O)NC(C[C@@H]3CCNC3=O)C(=O)c3nc4ccccc4s3)C3CCCC3)cc12. The summed E-state index contributed by atoms with van der Waals surface area (Å²) in [7, 11) is 1.57. The van der Waals surface area contributed by atoms with E-state index in [1.807, 2.05) is 42.5 Å². The lowest BCUT2D eigenvalue weighted by atomic mass is 9.93. The van der Waals surface area contributed by atoms with Gasteiger partial charge in [0.2, 0.25) is 17.6 Å². The zero-order valence-electron chi connectivity index (χ0n) is 23.3. The summed E-state index contributed by atoms with van der Waals surface area (Å²) in [6.45, 7) is 0.537. The molecule has 1 saturated heterocycles. The predicted octanol–water partition coefficient (Wildman–Crippen LogP) is 3.97. The first-order chi connectivity index (χ1) is 20.4. The van der Waals surface area contributed by atoms with E-state index in [4.69, 9.17) is 4.74 Å². The molecule has 2 aliphatic rings. The highest BCUT2D eigenvalue weighted by Crippen LogP contribution is 2.30. The molecule has 1 aliphatic heterocycles. The van der Waals surface area contributed by atoms with E-state index >= 15 is 0 Å². The molecule has 2 aromatic heterocycles. The van der Waals surface area contributed by atoms with E-state index in [9.17, 15) is 19.2 Å². The number of nitrogens with zero attached hydrogens (tertiary/aromatic N) is 1. The van der Waals surface area contributed by atoms with Crippen molar-refractivity contribution in [2.45, 2.75) is 50.6 Å². The van der Waals surface area contributed by atoms with Crippen LogP contribution in [0, 0.1) is 11.8 Å². The summed E-state index contributed by atoms with van der Waals surface area (Å²) in [5, 5.41) is 9.76. The van der Waals surface area contributed by atoms with Gasteiger partial charge in [0.15, 0.2) is 5.01 Å². The molecule has 3 heterocycles. The minimum atomic E-state index is -0.954. The van der Waals surface area contributed by atoms with Crippen LogP contribution in [0.25, 0.3) is 21.1 Å². The van der Waals surface area contributed by atoms with E-state index in [0.29, 0.717) is 29.9 Å². The monoisotopic (exact) mass is 587 g/mol. The Kier molecular flexibility index (Phi) is 7.92. The van der Waals surface area contributed by atoms with Crippen molar-refractivity contribution in [2.24, 2.45) is 11.8 Å². The first-order valence-corrected chi connectivity index (χ1v) is 15.2. The number of rotatable bonds is 10. The fourth-order valence-electron chi connectivity index (χ4n) is 6.11. The molecule has 11 heteroatoms. The number of ketones is 1. The van der Waals surface area contributed by atoms with Gasteiger partial charge in [0, 0.05) is 23.4 Å². The van der Waals surface area contributed by atoms with Crippen LogP contribution in [-0.4, -0.2) is 59.2 Å². The Balaban J connectivity index is 1.25. The van der Waals surface area contributed by atoms with E-state index in [-0.39, 0.29) is 29.0 Å². The molecule has 2 aromatic carbocycles. The first kappa shape index (κ1) is 27.9. The number of H-pyrrole nitrogens is 1. The maximum atomic E-state index is 13.9. The van der Waals surface area contributed by atoms with Crippen LogP contribution in [0.3, 0.4) is 0 Å². The molecule has 2 unspecified atom stereocenters. The zero-order valence-corrected chi connectivity index (χ0v) is 24.1. The van der Waals surface area contributed by atoms with Crippen LogP contribution >= 0.6 is 11.3 Å². The highest BCUT2D eigenvalue weighted by atomic mass is 32.1. The second kappa shape index (κ2) is 11.9. The maximum absolute atomic E-state index is 13.9. The topological polar surface area (TPSA) is 142 Å². The average Bonchev–Trinajstić information content (AvgIpc) is 3.81. The van der Waals surface area contributed by atoms with Crippen molar-refractivity contribution in [3.05, 3.63) is 59.2 Å². The summed E-state index contributed by atoms with van der Waals surface area (Å²) in [4.78, 5) is 61.2. The number of amides is 3. The first-order valence-electron chi connectivity index (χ1n) is 14.4. The minimum absolute atomic E-state index is 0.0687. The predicted molar refractivity (Wildman–Crippen MR) is 160 cm³/mol. The molecule has 42 heavy (non-hydrogen) atoms. The normalized spacial score (nSPS) is 18.6. The molecular weight excluding hydrogens is 554 g/mol. The number of hydrogen-bond acceptors (Lipinski definition) is 7. The molecule has 218 valence electrons. The molecule has 6 rings (SSSR count). The quantitative estimate of drug-likeness (QED) is 0.207. The standard InChI is InChI=1S/C31H33N5O5S/c1-41-24-11-6-10-20-19(24)16-23(33-20)29(39)36-26(17-7-2-3-8-17)30(40)34-22(15-18-13-14-32-28(18)38)27(37)31-35-21-9-4-5-12-25(21)42-31/h4-6,9-12,16-18,22,26,33H,2-3,7-8,13-15H2,1H3,(H,32,38)(H,34,40)(H,36,39)/t18-,22?,26?/m0/s1. The summed E-state index contributed by atoms with van der Waals surface area (Å²) in [6, 6.07) is 12.9. The molecule has 2 fully saturated rings. The zero-order chi connectivity index (χ0) is 29.2. The molecule has 4 aromatic rings. The van der Waals surface area contributed by atoms with Gasteiger partial charge in [-0.3, -0.25) is 19.2 Å². The Hall–Kier alpha value is -4.25. The Morgan fingerprint density at radius 2 is 1.88 bits per heavy atom. The Bertz CT molecular complexity index is 1620. The largest absolute Gasteiger partial charge is 0.496 e. The average molecular weight is 588 g/mol. The molecule has 4 N–H and O–H groups in total. The summed E-state index contributed by atoms with van der Waals surface area (Å²) >= 11 is 1.27. The van der Waals surface area contributed by atoms with Gasteiger partial charge in [-0.05, 0) is 61.9 Å². The lowest BCUT2D eigenvalue weighted by Crippen LogP contribution is -2.54. The van der Waals surface area contributed by atoms with E-state index in [1.54, 1.807) is 13.2 Å². The number of carbonyl (C=O) groups excluding carboxylic acids is 4. The summed E-state index contributed by atoms with van der Waals surface area (Å²) in [5.74, 6) is -1.12. The fraction of sp³-hybridized carbons (Fsp3) is 0.387. The smallest absolute Gasteiger partial charge is 0.268 e. The number of Topliss-reactive ketones (excluding diaryl/α,β-unsaturated/α-hetero) is 1. The number of thiazole rings is 1. The van der Waals surface area contributed by atoms with Crippen molar-refractivity contribution in [2.75, 3.05) is 13.7 Å². The third-order valence-electron chi connectivity index (χ3n) is 8.35. The number of ether oxygens (including phenoxy) is 1. The third-order valence-corrected chi connectivity index (χ3v) is 9.40. The molecule has 0 bridgehead atoms. The molecular formula is C31H33N5O5S. The molecule has 10 nitrogen and oxygen atoms in total. The van der Waals surface area contributed by atoms with Gasteiger partial charge in [-0.15, -0.1) is 11.3 Å². The molecule has 1 aliphatic carbocycles. The molecule has 0 spiro atoms. The second-order valence-electron chi connectivity index (χ2n) is 11.0. The van der Waals surface area contributed by atoms with Crippen molar-refractivity contribution in [3.8, 4) is 5.75 Å². The van der Waals surface area contributed by atoms with Gasteiger partial charge in [-0.2, -0.15) is 0 Å². The Labute approximate surface area is 246 Å². The highest BCUT2D eigenvalue weighted by Gasteiger charge is 2.37. The number of nitrogens with one attached hydrogen (secondary N) is 4.